The fraction of sp³-hybridized carbons (Fsp3) is 0.250. The number of carbonyl (C=O) groups is 2. The van der Waals surface area contributed by atoms with E-state index in [1.165, 1.54) is 4.90 Å². The Bertz CT molecular complexity index is 1400. The molecule has 2 heterocycles. The fourth-order valence-electron chi connectivity index (χ4n) is 5.75. The van der Waals surface area contributed by atoms with Gasteiger partial charge in [-0.2, -0.15) is 5.26 Å². The van der Waals surface area contributed by atoms with Gasteiger partial charge in [-0.15, -0.1) is 6.42 Å². The van der Waals surface area contributed by atoms with E-state index in [2.05, 4.69) is 18.1 Å². The zero-order chi connectivity index (χ0) is 24.2. The molecule has 2 N–H and O–H groups in total. The quantitative estimate of drug-likeness (QED) is 0.707. The van der Waals surface area contributed by atoms with Crippen LogP contribution >= 0.6 is 0 Å². The number of carbonyl (C=O) groups excluding carboxylic acids is 2. The molecule has 2 aromatic rings. The number of benzene rings is 2. The van der Waals surface area contributed by atoms with E-state index in [0.29, 0.717) is 41.8 Å². The van der Waals surface area contributed by atoms with Gasteiger partial charge in [-0.1, -0.05) is 30.2 Å². The predicted octanol–water partition coefficient (Wildman–Crippen LogP) is 3.74. The summed E-state index contributed by atoms with van der Waals surface area (Å²) < 4.78 is 0. The first-order chi connectivity index (χ1) is 16.4. The molecule has 2 aromatic carbocycles. The Labute approximate surface area is 199 Å². The van der Waals surface area contributed by atoms with Crippen molar-refractivity contribution in [3.63, 3.8) is 0 Å². The van der Waals surface area contributed by atoms with Gasteiger partial charge in [0.2, 0.25) is 5.91 Å². The Morgan fingerprint density at radius 2 is 1.82 bits per heavy atom. The zero-order valence-electron chi connectivity index (χ0n) is 19.2. The van der Waals surface area contributed by atoms with E-state index < -0.39 is 11.3 Å². The van der Waals surface area contributed by atoms with Crippen LogP contribution in [0.2, 0.25) is 0 Å². The van der Waals surface area contributed by atoms with Gasteiger partial charge in [0.15, 0.2) is 5.78 Å². The van der Waals surface area contributed by atoms with E-state index in [9.17, 15) is 14.9 Å². The van der Waals surface area contributed by atoms with Gasteiger partial charge in [-0.3, -0.25) is 19.4 Å². The number of Topliss-reactive ketones (excluding diaryl/α,β-unsaturated/α-hetero) is 1. The van der Waals surface area contributed by atoms with Gasteiger partial charge in [-0.05, 0) is 56.0 Å². The van der Waals surface area contributed by atoms with Crippen LogP contribution in [0, 0.1) is 37.5 Å². The van der Waals surface area contributed by atoms with Crippen molar-refractivity contribution in [1.29, 1.82) is 5.26 Å². The first kappa shape index (κ1) is 21.6. The summed E-state index contributed by atoms with van der Waals surface area (Å²) in [5.41, 5.74) is 10.3. The van der Waals surface area contributed by atoms with Crippen LogP contribution in [-0.2, 0) is 15.0 Å². The van der Waals surface area contributed by atoms with Crippen molar-refractivity contribution in [3.8, 4) is 18.4 Å². The Hall–Kier alpha value is -4.29. The molecule has 6 nitrogen and oxygen atoms in total. The zero-order valence-corrected chi connectivity index (χ0v) is 19.2. The molecule has 168 valence electrons. The van der Waals surface area contributed by atoms with Gasteiger partial charge >= 0.3 is 0 Å². The number of nitriles is 1. The summed E-state index contributed by atoms with van der Waals surface area (Å²) in [7, 11) is 0. The van der Waals surface area contributed by atoms with Gasteiger partial charge in [-0.25, -0.2) is 0 Å². The van der Waals surface area contributed by atoms with Gasteiger partial charge < -0.3 is 5.73 Å². The average molecular weight is 449 g/mol. The van der Waals surface area contributed by atoms with E-state index >= 15 is 0 Å². The molecule has 6 heteroatoms. The summed E-state index contributed by atoms with van der Waals surface area (Å²) in [6.07, 6.45) is 7.12. The van der Waals surface area contributed by atoms with Crippen molar-refractivity contribution in [3.05, 3.63) is 81.8 Å². The maximum atomic E-state index is 14.2. The van der Waals surface area contributed by atoms with Crippen LogP contribution in [0.5, 0.6) is 0 Å². The monoisotopic (exact) mass is 448 g/mol. The summed E-state index contributed by atoms with van der Waals surface area (Å²) >= 11 is 0. The molecule has 0 saturated carbocycles. The number of rotatable bonds is 2. The van der Waals surface area contributed by atoms with Crippen molar-refractivity contribution in [1.82, 2.24) is 0 Å². The van der Waals surface area contributed by atoms with Crippen LogP contribution in [0.4, 0.5) is 11.4 Å². The molecule has 34 heavy (non-hydrogen) atoms. The van der Waals surface area contributed by atoms with Crippen molar-refractivity contribution < 1.29 is 9.59 Å². The first-order valence-corrected chi connectivity index (χ1v) is 11.3. The van der Waals surface area contributed by atoms with Crippen LogP contribution in [0.25, 0.3) is 0 Å². The number of allylic oxidation sites excluding steroid dienone is 1. The number of nitrogens with two attached hydrogens (primary N) is 1. The molecule has 1 amide bonds. The standard InChI is InChI=1S/C28H24N4O2/c1-4-12-31-22-9-6-5-8-20(22)28(27(31)34)21(16-29)26(30)32(19-14-17(2)13-18(3)15-19)23-10-7-11-24(33)25(23)28/h1,5-6,8-9,13-15H,7,10-12,30H2,2-3H3/t28-/m0/s1. The number of para-hydroxylation sites is 1. The summed E-state index contributed by atoms with van der Waals surface area (Å²) in [6, 6.07) is 15.5. The van der Waals surface area contributed by atoms with Crippen LogP contribution < -0.4 is 15.5 Å². The molecule has 1 atom stereocenters. The molecule has 0 saturated heterocycles. The second-order valence-electron chi connectivity index (χ2n) is 9.01. The summed E-state index contributed by atoms with van der Waals surface area (Å²) in [4.78, 5) is 31.1. The maximum Gasteiger partial charge on any atom is 0.248 e. The van der Waals surface area contributed by atoms with Gasteiger partial charge in [0, 0.05) is 34.6 Å². The third kappa shape index (κ3) is 2.69. The molecule has 1 aliphatic carbocycles. The van der Waals surface area contributed by atoms with E-state index in [1.54, 1.807) is 17.0 Å². The summed E-state index contributed by atoms with van der Waals surface area (Å²) in [5, 5.41) is 10.4. The molecule has 0 radical (unpaired) electrons. The van der Waals surface area contributed by atoms with E-state index in [0.717, 1.165) is 16.8 Å². The van der Waals surface area contributed by atoms with Crippen molar-refractivity contribution in [2.45, 2.75) is 38.5 Å². The number of amides is 1. The number of nitrogens with zero attached hydrogens (tertiary/aromatic N) is 3. The number of hydrogen-bond donors (Lipinski definition) is 1. The molecule has 0 unspecified atom stereocenters. The van der Waals surface area contributed by atoms with Crippen molar-refractivity contribution in [2.24, 2.45) is 5.73 Å². The first-order valence-electron chi connectivity index (χ1n) is 11.3. The average Bonchev–Trinajstić information content (AvgIpc) is 3.03. The van der Waals surface area contributed by atoms with Gasteiger partial charge in [0.05, 0.1) is 12.1 Å². The SMILES string of the molecule is C#CCN1C(=O)[C@]2(C(C#N)=C(N)N(c3cc(C)cc(C)c3)C3=C2C(=O)CCC3)c2ccccc21. The highest BCUT2D eigenvalue weighted by molar-refractivity contribution is 6.20. The second-order valence-corrected chi connectivity index (χ2v) is 9.01. The topological polar surface area (TPSA) is 90.4 Å². The van der Waals surface area contributed by atoms with Crippen molar-refractivity contribution in [2.75, 3.05) is 16.3 Å². The normalized spacial score (nSPS) is 21.5. The number of hydrogen-bond acceptors (Lipinski definition) is 5. The predicted molar refractivity (Wildman–Crippen MR) is 130 cm³/mol. The number of anilines is 2. The lowest BCUT2D eigenvalue weighted by atomic mass is 9.63. The number of ketones is 1. The number of aryl methyl sites for hydroxylation is 2. The third-order valence-electron chi connectivity index (χ3n) is 6.89. The smallest absolute Gasteiger partial charge is 0.248 e. The Balaban J connectivity index is 1.89. The summed E-state index contributed by atoms with van der Waals surface area (Å²) in [6.45, 7) is 4.01. The van der Waals surface area contributed by atoms with E-state index in [4.69, 9.17) is 12.2 Å². The highest BCUT2D eigenvalue weighted by atomic mass is 16.2. The van der Waals surface area contributed by atoms with E-state index in [1.807, 2.05) is 38.1 Å². The lowest BCUT2D eigenvalue weighted by Crippen LogP contribution is -2.52. The van der Waals surface area contributed by atoms with Gasteiger partial charge in [0.1, 0.15) is 17.3 Å². The Morgan fingerprint density at radius 3 is 2.50 bits per heavy atom. The molecule has 2 aliphatic heterocycles. The Kier molecular flexibility index (Phi) is 4.84. The number of terminal acetylenes is 1. The molecular weight excluding hydrogens is 424 g/mol. The van der Waals surface area contributed by atoms with Crippen LogP contribution in [0.15, 0.2) is 65.1 Å². The molecule has 1 spiro atoms. The molecule has 0 aromatic heterocycles. The largest absolute Gasteiger partial charge is 0.384 e. The van der Waals surface area contributed by atoms with E-state index in [-0.39, 0.29) is 23.7 Å². The highest BCUT2D eigenvalue weighted by Crippen LogP contribution is 2.56. The molecular formula is C28H24N4O2. The Morgan fingerprint density at radius 1 is 1.12 bits per heavy atom. The maximum absolute atomic E-state index is 14.2. The fourth-order valence-corrected chi connectivity index (χ4v) is 5.75. The van der Waals surface area contributed by atoms with Crippen LogP contribution in [0.3, 0.4) is 0 Å². The highest BCUT2D eigenvalue weighted by Gasteiger charge is 2.62. The molecule has 0 bridgehead atoms. The minimum absolute atomic E-state index is 0.0355. The lowest BCUT2D eigenvalue weighted by molar-refractivity contribution is -0.124. The second kappa shape index (κ2) is 7.64. The third-order valence-corrected chi connectivity index (χ3v) is 6.89. The summed E-state index contributed by atoms with van der Waals surface area (Å²) in [5.74, 6) is 2.18. The minimum Gasteiger partial charge on any atom is -0.384 e. The van der Waals surface area contributed by atoms with Gasteiger partial charge in [0.25, 0.3) is 0 Å². The molecule has 3 aliphatic rings. The minimum atomic E-state index is -1.59. The molecule has 0 fully saturated rings. The molecule has 5 rings (SSSR count). The van der Waals surface area contributed by atoms with Crippen LogP contribution in [0.1, 0.15) is 36.0 Å². The van der Waals surface area contributed by atoms with Crippen molar-refractivity contribution >= 4 is 23.1 Å². The number of fused-ring (bicyclic) bond motifs is 3. The lowest BCUT2D eigenvalue weighted by Gasteiger charge is -2.44. The van der Waals surface area contributed by atoms with Crippen LogP contribution in [-0.4, -0.2) is 18.2 Å².